The largest absolute Gasteiger partial charge is 0.370 e. The number of nitrogens with zero attached hydrogens (tertiary/aromatic N) is 2. The van der Waals surface area contributed by atoms with Crippen molar-refractivity contribution in [2.45, 2.75) is 0 Å². The number of hydrogen-bond acceptors (Lipinski definition) is 2. The average molecular weight is 192 g/mol. The van der Waals surface area contributed by atoms with Gasteiger partial charge in [0.15, 0.2) is 11.9 Å². The number of hydrogen-bond donors (Lipinski definition) is 4. The van der Waals surface area contributed by atoms with E-state index in [9.17, 15) is 0 Å². The van der Waals surface area contributed by atoms with Crippen LogP contribution < -0.4 is 22.9 Å². The van der Waals surface area contributed by atoms with Crippen LogP contribution in [0.25, 0.3) is 0 Å². The zero-order valence-corrected chi connectivity index (χ0v) is 7.51. The van der Waals surface area contributed by atoms with Crippen LogP contribution in [0.4, 0.5) is 11.4 Å². The van der Waals surface area contributed by atoms with Gasteiger partial charge in [-0.15, -0.1) is 0 Å². The summed E-state index contributed by atoms with van der Waals surface area (Å²) in [6, 6.07) is 6.90. The molecule has 0 heterocycles. The van der Waals surface area contributed by atoms with E-state index in [0.717, 1.165) is 0 Å². The van der Waals surface area contributed by atoms with Gasteiger partial charge in [0.2, 0.25) is 0 Å². The lowest BCUT2D eigenvalue weighted by Crippen LogP contribution is -2.22. The zero-order chi connectivity index (χ0) is 10.6. The first-order valence-electron chi connectivity index (χ1n) is 3.87. The first kappa shape index (κ1) is 9.85. The van der Waals surface area contributed by atoms with E-state index in [1.807, 2.05) is 0 Å². The van der Waals surface area contributed by atoms with Crippen LogP contribution in [-0.2, 0) is 0 Å². The second-order valence-electron chi connectivity index (χ2n) is 2.59. The highest BCUT2D eigenvalue weighted by atomic mass is 15.0. The fourth-order valence-electron chi connectivity index (χ4n) is 0.930. The van der Waals surface area contributed by atoms with E-state index < -0.39 is 0 Å². The van der Waals surface area contributed by atoms with Gasteiger partial charge in [-0.2, -0.15) is 0 Å². The summed E-state index contributed by atoms with van der Waals surface area (Å²) in [7, 11) is 0. The highest BCUT2D eigenvalue weighted by molar-refractivity contribution is 5.81. The second kappa shape index (κ2) is 4.13. The summed E-state index contributed by atoms with van der Waals surface area (Å²) in [5, 5.41) is 0. The molecule has 0 spiro atoms. The molecule has 6 nitrogen and oxygen atoms in total. The minimum absolute atomic E-state index is 0.00755. The Morgan fingerprint density at radius 2 is 1.29 bits per heavy atom. The molecular weight excluding hydrogens is 180 g/mol. The van der Waals surface area contributed by atoms with Crippen LogP contribution in [0.2, 0.25) is 0 Å². The molecule has 1 aromatic carbocycles. The Morgan fingerprint density at radius 1 is 0.857 bits per heavy atom. The summed E-state index contributed by atoms with van der Waals surface area (Å²) < 4.78 is 0. The summed E-state index contributed by atoms with van der Waals surface area (Å²) in [6.07, 6.45) is 0. The Hall–Kier alpha value is -2.24. The third-order valence-electron chi connectivity index (χ3n) is 1.35. The third-order valence-corrected chi connectivity index (χ3v) is 1.35. The Morgan fingerprint density at radius 3 is 1.64 bits per heavy atom. The molecule has 0 aromatic heterocycles. The van der Waals surface area contributed by atoms with Crippen molar-refractivity contribution in [2.75, 3.05) is 0 Å². The molecule has 0 aliphatic heterocycles. The van der Waals surface area contributed by atoms with Crippen molar-refractivity contribution in [3.8, 4) is 0 Å². The molecule has 0 bridgehead atoms. The van der Waals surface area contributed by atoms with Gasteiger partial charge in [-0.25, -0.2) is 9.98 Å². The lowest BCUT2D eigenvalue weighted by molar-refractivity contribution is 1.39. The summed E-state index contributed by atoms with van der Waals surface area (Å²) in [5.41, 5.74) is 22.1. The third kappa shape index (κ3) is 3.02. The Kier molecular flexibility index (Phi) is 2.90. The Balaban J connectivity index is 3.01. The fourth-order valence-corrected chi connectivity index (χ4v) is 0.930. The normalized spacial score (nSPS) is 9.14. The Bertz CT molecular complexity index is 340. The Labute approximate surface area is 81.3 Å². The van der Waals surface area contributed by atoms with Gasteiger partial charge < -0.3 is 22.9 Å². The maximum absolute atomic E-state index is 5.22. The summed E-state index contributed by atoms with van der Waals surface area (Å²) in [6.45, 7) is 0. The molecule has 0 atom stereocenters. The van der Waals surface area contributed by atoms with Crippen molar-refractivity contribution >= 4 is 23.3 Å². The van der Waals surface area contributed by atoms with E-state index in [1.165, 1.54) is 0 Å². The van der Waals surface area contributed by atoms with Crippen LogP contribution in [0, 0.1) is 0 Å². The molecule has 0 radical (unpaired) electrons. The average Bonchev–Trinajstić information content (AvgIpc) is 2.01. The van der Waals surface area contributed by atoms with Gasteiger partial charge in [0.1, 0.15) is 0 Å². The highest BCUT2D eigenvalue weighted by Crippen LogP contribution is 2.19. The van der Waals surface area contributed by atoms with Gasteiger partial charge in [0, 0.05) is 0 Å². The minimum atomic E-state index is -0.00755. The van der Waals surface area contributed by atoms with Crippen molar-refractivity contribution in [2.24, 2.45) is 32.9 Å². The van der Waals surface area contributed by atoms with Gasteiger partial charge in [-0.1, -0.05) is 6.07 Å². The molecule has 1 aromatic rings. The highest BCUT2D eigenvalue weighted by Gasteiger charge is 1.93. The van der Waals surface area contributed by atoms with Crippen molar-refractivity contribution in [3.63, 3.8) is 0 Å². The van der Waals surface area contributed by atoms with Gasteiger partial charge in [-0.3, -0.25) is 0 Å². The smallest absolute Gasteiger partial charge is 0.191 e. The molecular formula is C8H12N6. The monoisotopic (exact) mass is 192 g/mol. The van der Waals surface area contributed by atoms with E-state index in [4.69, 9.17) is 22.9 Å². The van der Waals surface area contributed by atoms with Crippen LogP contribution in [0.5, 0.6) is 0 Å². The number of guanidine groups is 2. The van der Waals surface area contributed by atoms with Crippen LogP contribution in [0.15, 0.2) is 34.3 Å². The number of benzene rings is 1. The first-order valence-corrected chi connectivity index (χ1v) is 3.87. The molecule has 0 amide bonds. The standard InChI is InChI=1S/C8H12N6/c9-7(10)13-5-2-1-3-6(4-5)14-8(11)12/h1-4H,(H4,9,10,13)(H4,11,12,14). The van der Waals surface area contributed by atoms with Crippen molar-refractivity contribution in [3.05, 3.63) is 24.3 Å². The van der Waals surface area contributed by atoms with E-state index in [0.29, 0.717) is 11.4 Å². The van der Waals surface area contributed by atoms with E-state index in [2.05, 4.69) is 9.98 Å². The lowest BCUT2D eigenvalue weighted by Gasteiger charge is -1.97. The van der Waals surface area contributed by atoms with Crippen molar-refractivity contribution in [1.82, 2.24) is 0 Å². The fraction of sp³-hybridized carbons (Fsp3) is 0. The molecule has 0 aliphatic carbocycles. The summed E-state index contributed by atoms with van der Waals surface area (Å²) in [5.74, 6) is -0.0151. The predicted molar refractivity (Wildman–Crippen MR) is 57.4 cm³/mol. The van der Waals surface area contributed by atoms with Gasteiger partial charge in [-0.05, 0) is 18.2 Å². The zero-order valence-electron chi connectivity index (χ0n) is 7.51. The maximum atomic E-state index is 5.22. The van der Waals surface area contributed by atoms with Gasteiger partial charge in [0.05, 0.1) is 11.4 Å². The van der Waals surface area contributed by atoms with Crippen molar-refractivity contribution in [1.29, 1.82) is 0 Å². The van der Waals surface area contributed by atoms with Crippen LogP contribution >= 0.6 is 0 Å². The molecule has 0 saturated heterocycles. The van der Waals surface area contributed by atoms with Crippen molar-refractivity contribution < 1.29 is 0 Å². The lowest BCUT2D eigenvalue weighted by atomic mass is 10.3. The molecule has 14 heavy (non-hydrogen) atoms. The molecule has 74 valence electrons. The summed E-state index contributed by atoms with van der Waals surface area (Å²) >= 11 is 0. The summed E-state index contributed by atoms with van der Waals surface area (Å²) in [4.78, 5) is 7.70. The predicted octanol–water partition coefficient (Wildman–Crippen LogP) is -0.504. The van der Waals surface area contributed by atoms with E-state index in [1.54, 1.807) is 24.3 Å². The first-order chi connectivity index (χ1) is 6.58. The number of nitrogens with two attached hydrogens (primary N) is 4. The molecule has 8 N–H and O–H groups in total. The van der Waals surface area contributed by atoms with Gasteiger partial charge >= 0.3 is 0 Å². The SMILES string of the molecule is NC(N)=Nc1cccc(N=C(N)N)c1. The molecule has 6 heteroatoms. The van der Waals surface area contributed by atoms with E-state index in [-0.39, 0.29) is 11.9 Å². The van der Waals surface area contributed by atoms with Crippen LogP contribution in [0.1, 0.15) is 0 Å². The van der Waals surface area contributed by atoms with Gasteiger partial charge in [0.25, 0.3) is 0 Å². The topological polar surface area (TPSA) is 129 Å². The second-order valence-corrected chi connectivity index (χ2v) is 2.59. The van der Waals surface area contributed by atoms with Crippen LogP contribution in [0.3, 0.4) is 0 Å². The van der Waals surface area contributed by atoms with E-state index >= 15 is 0 Å². The maximum Gasteiger partial charge on any atom is 0.191 e. The molecule has 0 saturated carbocycles. The molecule has 1 rings (SSSR count). The quantitative estimate of drug-likeness (QED) is 0.371. The minimum Gasteiger partial charge on any atom is -0.370 e. The molecule has 0 aliphatic rings. The molecule has 0 unspecified atom stereocenters. The van der Waals surface area contributed by atoms with Crippen LogP contribution in [-0.4, -0.2) is 11.9 Å². The number of rotatable bonds is 2. The molecule has 0 fully saturated rings. The number of aliphatic imine (C=N–C) groups is 2.